The highest BCUT2D eigenvalue weighted by Crippen LogP contribution is 2.61. The Bertz CT molecular complexity index is 673. The van der Waals surface area contributed by atoms with Crippen LogP contribution in [0.4, 0.5) is 0 Å². The van der Waals surface area contributed by atoms with E-state index in [2.05, 4.69) is 15.5 Å². The van der Waals surface area contributed by atoms with Crippen molar-refractivity contribution < 1.29 is 9.32 Å². The minimum Gasteiger partial charge on any atom is -0.352 e. The normalized spacial score (nSPS) is 22.0. The van der Waals surface area contributed by atoms with Crippen molar-refractivity contribution in [2.45, 2.75) is 45.1 Å². The van der Waals surface area contributed by atoms with Crippen molar-refractivity contribution in [3.63, 3.8) is 0 Å². The molecular formula is C18H21N3O2. The summed E-state index contributed by atoms with van der Waals surface area (Å²) in [6.45, 7) is 0.581. The molecule has 1 aromatic heterocycles. The molecule has 0 radical (unpaired) electrons. The largest absolute Gasteiger partial charge is 0.352 e. The number of aromatic nitrogens is 2. The van der Waals surface area contributed by atoms with Gasteiger partial charge < -0.3 is 9.84 Å². The van der Waals surface area contributed by atoms with E-state index >= 15 is 0 Å². The number of nitrogens with one attached hydrogen (secondary N) is 1. The van der Waals surface area contributed by atoms with Crippen molar-refractivity contribution in [2.24, 2.45) is 11.3 Å². The maximum atomic E-state index is 12.4. The average Bonchev–Trinajstić information content (AvgIpc) is 3.03. The van der Waals surface area contributed by atoms with E-state index in [0.717, 1.165) is 17.5 Å². The number of hydrogen-bond acceptors (Lipinski definition) is 4. The molecule has 1 N–H and O–H groups in total. The first-order chi connectivity index (χ1) is 11.3. The number of nitrogens with zero attached hydrogens (tertiary/aromatic N) is 2. The van der Waals surface area contributed by atoms with Gasteiger partial charge in [-0.15, -0.1) is 0 Å². The molecule has 2 aromatic rings. The number of hydrogen-bond donors (Lipinski definition) is 1. The van der Waals surface area contributed by atoms with Crippen molar-refractivity contribution in [3.05, 3.63) is 36.2 Å². The van der Waals surface area contributed by atoms with Gasteiger partial charge >= 0.3 is 0 Å². The van der Waals surface area contributed by atoms with Gasteiger partial charge in [0.05, 0.1) is 0 Å². The van der Waals surface area contributed by atoms with Gasteiger partial charge in [-0.1, -0.05) is 48.7 Å². The summed E-state index contributed by atoms with van der Waals surface area (Å²) in [5.74, 6) is 1.06. The van der Waals surface area contributed by atoms with Gasteiger partial charge in [0, 0.05) is 18.0 Å². The lowest BCUT2D eigenvalue weighted by molar-refractivity contribution is -0.123. The van der Waals surface area contributed by atoms with Gasteiger partial charge in [0.1, 0.15) is 0 Å². The van der Waals surface area contributed by atoms with Crippen LogP contribution in [-0.2, 0) is 11.3 Å². The fourth-order valence-corrected chi connectivity index (χ4v) is 3.91. The lowest BCUT2D eigenvalue weighted by Gasteiger charge is -2.22. The standard InChI is InChI=1S/C18H21N3O2/c22-17(15-10-18(15)8-2-1-3-9-18)19-11-13-4-6-14(7-5-13)16-20-12-23-21-16/h4-7,12,15H,1-3,8-11H2,(H,19,22)/t15-/m1/s1. The first-order valence-electron chi connectivity index (χ1n) is 8.40. The summed E-state index contributed by atoms with van der Waals surface area (Å²) in [5, 5.41) is 6.91. The second-order valence-corrected chi connectivity index (χ2v) is 6.85. The van der Waals surface area contributed by atoms with E-state index in [1.165, 1.54) is 38.5 Å². The molecule has 0 unspecified atom stereocenters. The molecule has 1 atom stereocenters. The second-order valence-electron chi connectivity index (χ2n) is 6.85. The van der Waals surface area contributed by atoms with Gasteiger partial charge in [-0.25, -0.2) is 0 Å². The van der Waals surface area contributed by atoms with Gasteiger partial charge in [0.25, 0.3) is 0 Å². The van der Waals surface area contributed by atoms with Crippen LogP contribution in [0.25, 0.3) is 11.4 Å². The highest BCUT2D eigenvalue weighted by atomic mass is 16.5. The highest BCUT2D eigenvalue weighted by Gasteiger charge is 2.57. The Morgan fingerprint density at radius 2 is 2.00 bits per heavy atom. The molecule has 5 nitrogen and oxygen atoms in total. The Hall–Kier alpha value is -2.17. The minimum absolute atomic E-state index is 0.231. The van der Waals surface area contributed by atoms with Crippen molar-refractivity contribution in [3.8, 4) is 11.4 Å². The molecule has 4 rings (SSSR count). The summed E-state index contributed by atoms with van der Waals surface area (Å²) >= 11 is 0. The van der Waals surface area contributed by atoms with Crippen LogP contribution in [0.5, 0.6) is 0 Å². The highest BCUT2D eigenvalue weighted by molar-refractivity contribution is 5.82. The lowest BCUT2D eigenvalue weighted by atomic mass is 9.84. The number of amides is 1. The monoisotopic (exact) mass is 311 g/mol. The van der Waals surface area contributed by atoms with Crippen molar-refractivity contribution in [1.29, 1.82) is 0 Å². The zero-order chi connectivity index (χ0) is 15.7. The van der Waals surface area contributed by atoms with Crippen LogP contribution < -0.4 is 5.32 Å². The molecule has 1 spiro atoms. The molecule has 0 bridgehead atoms. The molecule has 2 fully saturated rings. The molecule has 120 valence electrons. The predicted octanol–water partition coefficient (Wildman–Crippen LogP) is 3.32. The van der Waals surface area contributed by atoms with Crippen molar-refractivity contribution in [1.82, 2.24) is 15.5 Å². The smallest absolute Gasteiger partial charge is 0.223 e. The number of carbonyl (C=O) groups excluding carboxylic acids is 1. The average molecular weight is 311 g/mol. The Kier molecular flexibility index (Phi) is 3.63. The summed E-state index contributed by atoms with van der Waals surface area (Å²) in [7, 11) is 0. The van der Waals surface area contributed by atoms with E-state index in [1.807, 2.05) is 24.3 Å². The molecule has 2 saturated carbocycles. The second kappa shape index (κ2) is 5.80. The third-order valence-electron chi connectivity index (χ3n) is 5.40. The van der Waals surface area contributed by atoms with Crippen LogP contribution in [0.1, 0.15) is 44.1 Å². The molecule has 1 amide bonds. The predicted molar refractivity (Wildman–Crippen MR) is 85.2 cm³/mol. The quantitative estimate of drug-likeness (QED) is 0.940. The fraction of sp³-hybridized carbons (Fsp3) is 0.500. The summed E-state index contributed by atoms with van der Waals surface area (Å²) < 4.78 is 4.75. The lowest BCUT2D eigenvalue weighted by Crippen LogP contribution is -2.27. The van der Waals surface area contributed by atoms with Crippen LogP contribution in [0.3, 0.4) is 0 Å². The first-order valence-corrected chi connectivity index (χ1v) is 8.40. The maximum Gasteiger partial charge on any atom is 0.223 e. The molecule has 2 aliphatic rings. The molecule has 0 aliphatic heterocycles. The SMILES string of the molecule is O=C(NCc1ccc(-c2ncon2)cc1)[C@H]1CC12CCCCC2. The van der Waals surface area contributed by atoms with E-state index in [9.17, 15) is 4.79 Å². The summed E-state index contributed by atoms with van der Waals surface area (Å²) in [4.78, 5) is 16.4. The van der Waals surface area contributed by atoms with E-state index < -0.39 is 0 Å². The zero-order valence-corrected chi connectivity index (χ0v) is 13.1. The van der Waals surface area contributed by atoms with Crippen LogP contribution in [0, 0.1) is 11.3 Å². The van der Waals surface area contributed by atoms with Crippen molar-refractivity contribution in [2.75, 3.05) is 0 Å². The van der Waals surface area contributed by atoms with E-state index in [4.69, 9.17) is 4.52 Å². The van der Waals surface area contributed by atoms with E-state index in [0.29, 0.717) is 17.8 Å². The molecule has 2 aliphatic carbocycles. The topological polar surface area (TPSA) is 68.0 Å². The number of rotatable bonds is 4. The number of benzene rings is 1. The third kappa shape index (κ3) is 2.87. The van der Waals surface area contributed by atoms with Crippen LogP contribution in [0.2, 0.25) is 0 Å². The molecule has 1 aromatic carbocycles. The molecule has 1 heterocycles. The van der Waals surface area contributed by atoms with Gasteiger partial charge in [-0.05, 0) is 30.2 Å². The van der Waals surface area contributed by atoms with Gasteiger partial charge in [-0.2, -0.15) is 4.98 Å². The summed E-state index contributed by atoms with van der Waals surface area (Å²) in [6.07, 6.45) is 8.82. The minimum atomic E-state index is 0.231. The third-order valence-corrected chi connectivity index (χ3v) is 5.40. The Morgan fingerprint density at radius 3 is 2.70 bits per heavy atom. The van der Waals surface area contributed by atoms with Gasteiger partial charge in [0.15, 0.2) is 0 Å². The molecular weight excluding hydrogens is 290 g/mol. The molecule has 5 heteroatoms. The zero-order valence-electron chi connectivity index (χ0n) is 13.1. The van der Waals surface area contributed by atoms with Crippen LogP contribution >= 0.6 is 0 Å². The number of carbonyl (C=O) groups is 1. The summed E-state index contributed by atoms with van der Waals surface area (Å²) in [6, 6.07) is 7.89. The summed E-state index contributed by atoms with van der Waals surface area (Å²) in [5.41, 5.74) is 2.35. The van der Waals surface area contributed by atoms with Crippen LogP contribution in [-0.4, -0.2) is 16.0 Å². The Morgan fingerprint density at radius 1 is 1.22 bits per heavy atom. The van der Waals surface area contributed by atoms with E-state index in [1.54, 1.807) is 0 Å². The maximum absolute atomic E-state index is 12.4. The Balaban J connectivity index is 1.32. The van der Waals surface area contributed by atoms with E-state index in [-0.39, 0.29) is 11.8 Å². The van der Waals surface area contributed by atoms with Crippen LogP contribution in [0.15, 0.2) is 35.2 Å². The first kappa shape index (κ1) is 14.4. The Labute approximate surface area is 135 Å². The van der Waals surface area contributed by atoms with Crippen molar-refractivity contribution >= 4 is 5.91 Å². The molecule has 23 heavy (non-hydrogen) atoms. The molecule has 0 saturated heterocycles. The van der Waals surface area contributed by atoms with Gasteiger partial charge in [0.2, 0.25) is 18.1 Å². The fourth-order valence-electron chi connectivity index (χ4n) is 3.91. The van der Waals surface area contributed by atoms with Gasteiger partial charge in [-0.3, -0.25) is 4.79 Å².